The van der Waals surface area contributed by atoms with Crippen LogP contribution in [-0.2, 0) is 9.13 Å². The van der Waals surface area contributed by atoms with Crippen molar-refractivity contribution < 1.29 is 28.7 Å². The predicted octanol–water partition coefficient (Wildman–Crippen LogP) is 2.75. The fraction of sp³-hybridized carbons (Fsp3) is 1.00. The Morgan fingerprint density at radius 3 is 1.52 bits per heavy atom. The van der Waals surface area contributed by atoms with Gasteiger partial charge in [0.25, 0.3) is 0 Å². The highest BCUT2D eigenvalue weighted by Gasteiger charge is 2.42. The van der Waals surface area contributed by atoms with Gasteiger partial charge in [-0.2, -0.15) is 0 Å². The lowest BCUT2D eigenvalue weighted by atomic mass is 10.1. The van der Waals surface area contributed by atoms with Gasteiger partial charge in [0.1, 0.15) is 0 Å². The smallest absolute Gasteiger partial charge is 0.323 e. The van der Waals surface area contributed by atoms with Crippen molar-refractivity contribution in [2.75, 3.05) is 6.54 Å². The molecule has 0 amide bonds. The van der Waals surface area contributed by atoms with E-state index in [1.54, 1.807) is 0 Å². The molecule has 0 rings (SSSR count). The Morgan fingerprint density at radius 2 is 1.14 bits per heavy atom. The molecule has 0 fully saturated rings. The molecule has 0 aromatic carbocycles. The van der Waals surface area contributed by atoms with Crippen LogP contribution < -0.4 is 5.32 Å². The van der Waals surface area contributed by atoms with Crippen molar-refractivity contribution >= 4 is 15.2 Å². The van der Waals surface area contributed by atoms with E-state index in [0.717, 1.165) is 19.3 Å². The van der Waals surface area contributed by atoms with Gasteiger partial charge in [0.05, 0.1) is 0 Å². The Morgan fingerprint density at radius 1 is 0.762 bits per heavy atom. The highest BCUT2D eigenvalue weighted by molar-refractivity contribution is 7.70. The Hall–Kier alpha value is 0.260. The van der Waals surface area contributed by atoms with Gasteiger partial charge in [0, 0.05) is 0 Å². The number of hydrogen-bond donors (Lipinski definition) is 5. The van der Waals surface area contributed by atoms with Crippen molar-refractivity contribution in [3.05, 3.63) is 0 Å². The van der Waals surface area contributed by atoms with Crippen LogP contribution in [-0.4, -0.2) is 31.6 Å². The summed E-state index contributed by atoms with van der Waals surface area (Å²) in [5.41, 5.74) is -2.08. The molecule has 0 aromatic heterocycles. The van der Waals surface area contributed by atoms with Gasteiger partial charge in [-0.1, -0.05) is 58.3 Å². The molecule has 21 heavy (non-hydrogen) atoms. The molecule has 0 atom stereocenters. The molecule has 7 nitrogen and oxygen atoms in total. The molecule has 9 heteroatoms. The van der Waals surface area contributed by atoms with Crippen molar-refractivity contribution in [3.63, 3.8) is 0 Å². The molecule has 0 saturated heterocycles. The topological polar surface area (TPSA) is 127 Å². The first-order valence-corrected chi connectivity index (χ1v) is 10.9. The molecule has 0 aliphatic heterocycles. The van der Waals surface area contributed by atoms with Gasteiger partial charge >= 0.3 is 15.2 Å². The fourth-order valence-corrected chi connectivity index (χ4v) is 4.40. The molecule has 0 saturated carbocycles. The van der Waals surface area contributed by atoms with Crippen LogP contribution >= 0.6 is 15.2 Å². The average molecular weight is 345 g/mol. The quantitative estimate of drug-likeness (QED) is 0.256. The Balaban J connectivity index is 3.70. The summed E-state index contributed by atoms with van der Waals surface area (Å²) < 4.78 is 22.0. The summed E-state index contributed by atoms with van der Waals surface area (Å²) in [7, 11) is -9.70. The zero-order chi connectivity index (χ0) is 16.4. The Kier molecular flexibility index (Phi) is 11.0. The maximum atomic E-state index is 11.0. The standard InChI is InChI=1S/C12H29NO6P2/c1-2-3-4-5-6-7-8-9-10-11-13-12(20(14,15)16)21(17,18)19/h12-13H,2-11H2,1H3,(H2,14,15,16)(H2,17,18,19). The second-order valence-corrected chi connectivity index (χ2v) is 9.13. The molecule has 0 aliphatic rings. The minimum atomic E-state index is -4.85. The normalized spacial score (nSPS) is 13.0. The molecule has 128 valence electrons. The van der Waals surface area contributed by atoms with Crippen LogP contribution in [0.15, 0.2) is 0 Å². The molecule has 0 heterocycles. The van der Waals surface area contributed by atoms with Gasteiger partial charge in [-0.15, -0.1) is 0 Å². The summed E-state index contributed by atoms with van der Waals surface area (Å²) in [5, 5.41) is 2.29. The molecule has 0 aromatic rings. The molecule has 0 aliphatic carbocycles. The van der Waals surface area contributed by atoms with Crippen LogP contribution in [0.1, 0.15) is 64.7 Å². The maximum absolute atomic E-state index is 11.0. The molecular weight excluding hydrogens is 316 g/mol. The number of rotatable bonds is 13. The van der Waals surface area contributed by atoms with Crippen LogP contribution in [0.2, 0.25) is 0 Å². The lowest BCUT2D eigenvalue weighted by Crippen LogP contribution is -2.29. The van der Waals surface area contributed by atoms with E-state index < -0.39 is 20.7 Å². The van der Waals surface area contributed by atoms with E-state index in [4.69, 9.17) is 19.6 Å². The van der Waals surface area contributed by atoms with Crippen LogP contribution in [0.25, 0.3) is 0 Å². The first-order valence-electron chi connectivity index (χ1n) is 7.53. The Bertz CT molecular complexity index is 332. The summed E-state index contributed by atoms with van der Waals surface area (Å²) in [5.74, 6) is 0. The second-order valence-electron chi connectivity index (χ2n) is 5.33. The minimum Gasteiger partial charge on any atom is -0.323 e. The van der Waals surface area contributed by atoms with Gasteiger partial charge in [-0.3, -0.25) is 14.4 Å². The van der Waals surface area contributed by atoms with E-state index in [-0.39, 0.29) is 6.54 Å². The van der Waals surface area contributed by atoms with Gasteiger partial charge in [-0.25, -0.2) is 0 Å². The molecule has 0 unspecified atom stereocenters. The average Bonchev–Trinajstić information content (AvgIpc) is 2.32. The number of hydrogen-bond acceptors (Lipinski definition) is 3. The molecule has 0 radical (unpaired) electrons. The first-order chi connectivity index (χ1) is 9.69. The zero-order valence-electron chi connectivity index (χ0n) is 12.6. The third-order valence-electron chi connectivity index (χ3n) is 3.24. The van der Waals surface area contributed by atoms with Gasteiger partial charge in [-0.05, 0) is 13.0 Å². The summed E-state index contributed by atoms with van der Waals surface area (Å²) in [6, 6.07) is 0. The van der Waals surface area contributed by atoms with Gasteiger partial charge < -0.3 is 19.6 Å². The van der Waals surface area contributed by atoms with Crippen molar-refractivity contribution in [1.29, 1.82) is 0 Å². The molecular formula is C12H29NO6P2. The summed E-state index contributed by atoms with van der Waals surface area (Å²) in [6.07, 6.45) is 9.90. The third-order valence-corrected chi connectivity index (χ3v) is 6.69. The zero-order valence-corrected chi connectivity index (χ0v) is 14.4. The number of nitrogens with one attached hydrogen (secondary N) is 1. The fourth-order valence-electron chi connectivity index (χ4n) is 2.10. The monoisotopic (exact) mass is 345 g/mol. The van der Waals surface area contributed by atoms with Crippen molar-refractivity contribution in [2.24, 2.45) is 0 Å². The lowest BCUT2D eigenvalue weighted by Gasteiger charge is -2.20. The van der Waals surface area contributed by atoms with Crippen LogP contribution in [0.5, 0.6) is 0 Å². The van der Waals surface area contributed by atoms with Crippen LogP contribution in [0.3, 0.4) is 0 Å². The second kappa shape index (κ2) is 10.9. The van der Waals surface area contributed by atoms with Crippen molar-refractivity contribution in [1.82, 2.24) is 5.32 Å². The highest BCUT2D eigenvalue weighted by Crippen LogP contribution is 2.58. The highest BCUT2D eigenvalue weighted by atomic mass is 31.2. The molecule has 0 bridgehead atoms. The van der Waals surface area contributed by atoms with E-state index in [9.17, 15) is 9.13 Å². The number of unbranched alkanes of at least 4 members (excludes halogenated alkanes) is 8. The minimum absolute atomic E-state index is 0.191. The maximum Gasteiger partial charge on any atom is 0.354 e. The largest absolute Gasteiger partial charge is 0.354 e. The van der Waals surface area contributed by atoms with Gasteiger partial charge in [0.15, 0.2) is 0 Å². The van der Waals surface area contributed by atoms with Crippen molar-refractivity contribution in [3.8, 4) is 0 Å². The predicted molar refractivity (Wildman–Crippen MR) is 83.1 cm³/mol. The van der Waals surface area contributed by atoms with E-state index in [1.165, 1.54) is 32.1 Å². The summed E-state index contributed by atoms with van der Waals surface area (Å²) in [6.45, 7) is 2.37. The lowest BCUT2D eigenvalue weighted by molar-refractivity contribution is 0.327. The van der Waals surface area contributed by atoms with Crippen LogP contribution in [0.4, 0.5) is 0 Å². The van der Waals surface area contributed by atoms with E-state index >= 15 is 0 Å². The van der Waals surface area contributed by atoms with E-state index in [2.05, 4.69) is 12.2 Å². The van der Waals surface area contributed by atoms with E-state index in [1.807, 2.05) is 0 Å². The van der Waals surface area contributed by atoms with Gasteiger partial charge in [0.2, 0.25) is 5.52 Å². The molecule has 5 N–H and O–H groups in total. The van der Waals surface area contributed by atoms with Crippen LogP contribution in [0, 0.1) is 0 Å². The summed E-state index contributed by atoms with van der Waals surface area (Å²) >= 11 is 0. The summed E-state index contributed by atoms with van der Waals surface area (Å²) in [4.78, 5) is 35.7. The SMILES string of the molecule is CCCCCCCCCCCNC(P(=O)(O)O)P(=O)(O)O. The van der Waals surface area contributed by atoms with E-state index in [0.29, 0.717) is 6.42 Å². The molecule has 0 spiro atoms. The van der Waals surface area contributed by atoms with Crippen molar-refractivity contribution in [2.45, 2.75) is 70.2 Å². The Labute approximate surface area is 126 Å². The first kappa shape index (κ1) is 21.3. The third kappa shape index (κ3) is 11.5.